The van der Waals surface area contributed by atoms with Crippen molar-refractivity contribution >= 4 is 18.3 Å². The van der Waals surface area contributed by atoms with Crippen LogP contribution in [0.2, 0.25) is 0 Å². The van der Waals surface area contributed by atoms with Crippen LogP contribution in [0, 0.1) is 11.2 Å². The Kier molecular flexibility index (Phi) is 7.38. The highest BCUT2D eigenvalue weighted by Gasteiger charge is 2.62. The molecule has 0 saturated heterocycles. The van der Waals surface area contributed by atoms with E-state index in [2.05, 4.69) is 5.32 Å². The first-order chi connectivity index (χ1) is 11.3. The summed E-state index contributed by atoms with van der Waals surface area (Å²) in [5.74, 6) is -0.525. The van der Waals surface area contributed by atoms with Crippen molar-refractivity contribution in [2.75, 3.05) is 13.7 Å². The summed E-state index contributed by atoms with van der Waals surface area (Å²) in [6.45, 7) is 6.92. The molecule has 142 valence electrons. The van der Waals surface area contributed by atoms with Gasteiger partial charge in [0.15, 0.2) is 0 Å². The number of halogens is 2. The molecule has 1 aliphatic carbocycles. The number of benzene rings is 1. The number of methoxy groups -OCH3 is 1. The average Bonchev–Trinajstić information content (AvgIpc) is 2.55. The Morgan fingerprint density at radius 2 is 2.12 bits per heavy atom. The van der Waals surface area contributed by atoms with Crippen molar-refractivity contribution in [3.05, 3.63) is 35.1 Å². The van der Waals surface area contributed by atoms with Gasteiger partial charge in [-0.3, -0.25) is 4.79 Å². The van der Waals surface area contributed by atoms with Gasteiger partial charge in [-0.15, -0.1) is 12.4 Å². The van der Waals surface area contributed by atoms with Gasteiger partial charge in [0.25, 0.3) is 0 Å². The van der Waals surface area contributed by atoms with E-state index >= 15 is 0 Å². The van der Waals surface area contributed by atoms with Crippen LogP contribution in [0.15, 0.2) is 18.2 Å². The minimum Gasteiger partial charge on any atom is -0.380 e. The monoisotopic (exact) mass is 374 g/mol. The number of nitrogens with two attached hydrogens (primary N) is 1. The van der Waals surface area contributed by atoms with Crippen LogP contribution in [-0.2, 0) is 27.4 Å². The number of carbonyl (C=O) groups is 1. The van der Waals surface area contributed by atoms with Crippen molar-refractivity contribution < 1.29 is 18.7 Å². The molecule has 1 aromatic rings. The molecule has 0 aromatic heterocycles. The second kappa shape index (κ2) is 8.45. The molecule has 1 saturated carbocycles. The van der Waals surface area contributed by atoms with Crippen LogP contribution in [0.25, 0.3) is 0 Å². The topological polar surface area (TPSA) is 73.6 Å². The Bertz CT molecular complexity index is 612. The lowest BCUT2D eigenvalue weighted by molar-refractivity contribution is -0.170. The highest BCUT2D eigenvalue weighted by molar-refractivity contribution is 5.88. The zero-order valence-corrected chi connectivity index (χ0v) is 16.0. The summed E-state index contributed by atoms with van der Waals surface area (Å²) >= 11 is 0. The van der Waals surface area contributed by atoms with Gasteiger partial charge < -0.3 is 20.5 Å². The van der Waals surface area contributed by atoms with Crippen LogP contribution >= 0.6 is 12.4 Å². The van der Waals surface area contributed by atoms with Crippen molar-refractivity contribution in [2.45, 2.75) is 52.0 Å². The molecule has 7 heteroatoms. The molecule has 1 aliphatic rings. The van der Waals surface area contributed by atoms with Crippen LogP contribution in [0.4, 0.5) is 4.39 Å². The van der Waals surface area contributed by atoms with Crippen molar-refractivity contribution in [2.24, 2.45) is 11.1 Å². The molecule has 1 amide bonds. The maximum Gasteiger partial charge on any atom is 0.241 e. The predicted molar refractivity (Wildman–Crippen MR) is 96.9 cm³/mol. The maximum absolute atomic E-state index is 13.6. The zero-order valence-electron chi connectivity index (χ0n) is 15.2. The van der Waals surface area contributed by atoms with Gasteiger partial charge in [0.1, 0.15) is 11.4 Å². The van der Waals surface area contributed by atoms with E-state index in [1.807, 2.05) is 20.8 Å². The number of amides is 1. The molecular weight excluding hydrogens is 347 g/mol. The van der Waals surface area contributed by atoms with Crippen molar-refractivity contribution in [1.29, 1.82) is 0 Å². The van der Waals surface area contributed by atoms with Crippen LogP contribution in [0.1, 0.15) is 38.3 Å². The summed E-state index contributed by atoms with van der Waals surface area (Å²) < 4.78 is 24.2. The highest BCUT2D eigenvalue weighted by atomic mass is 35.5. The summed E-state index contributed by atoms with van der Waals surface area (Å²) in [4.78, 5) is 12.6. The van der Waals surface area contributed by atoms with Gasteiger partial charge in [0.2, 0.25) is 5.91 Å². The molecule has 1 fully saturated rings. The number of hydrogen-bond acceptors (Lipinski definition) is 4. The maximum atomic E-state index is 13.6. The average molecular weight is 375 g/mol. The van der Waals surface area contributed by atoms with E-state index in [9.17, 15) is 9.18 Å². The number of hydrogen-bond donors (Lipinski definition) is 2. The Morgan fingerprint density at radius 1 is 1.44 bits per heavy atom. The lowest BCUT2D eigenvalue weighted by Crippen LogP contribution is -2.75. The van der Waals surface area contributed by atoms with Gasteiger partial charge in [-0.25, -0.2) is 4.39 Å². The molecule has 0 aliphatic heterocycles. The molecule has 1 aromatic carbocycles. The first kappa shape index (κ1) is 21.8. The summed E-state index contributed by atoms with van der Waals surface area (Å²) in [5.41, 5.74) is 6.22. The number of nitrogens with one attached hydrogen (secondary N) is 1. The molecule has 0 heterocycles. The van der Waals surface area contributed by atoms with Crippen LogP contribution in [0.3, 0.4) is 0 Å². The standard InChI is InChI=1S/C18H27FN2O3.ClH/c1-5-24-15-9-18(20,17(15,2)3)16(22)21-10-12-6-7-14(19)13(8-12)11-23-4;/h6-8,15H,5,9-11,20H2,1-4H3,(H,21,22);1H. The SMILES string of the molecule is CCOC1CC(N)(C(=O)NCc2ccc(F)c(COC)c2)C1(C)C.Cl. The van der Waals surface area contributed by atoms with Gasteiger partial charge in [-0.1, -0.05) is 19.9 Å². The number of ether oxygens (including phenoxy) is 2. The van der Waals surface area contributed by atoms with Crippen molar-refractivity contribution in [3.8, 4) is 0 Å². The molecule has 5 nitrogen and oxygen atoms in total. The fraction of sp³-hybridized carbons (Fsp3) is 0.611. The Morgan fingerprint density at radius 3 is 2.68 bits per heavy atom. The first-order valence-corrected chi connectivity index (χ1v) is 8.21. The number of rotatable bonds is 7. The lowest BCUT2D eigenvalue weighted by atomic mass is 9.54. The second-order valence-electron chi connectivity index (χ2n) is 6.88. The van der Waals surface area contributed by atoms with Crippen LogP contribution in [-0.4, -0.2) is 31.3 Å². The zero-order chi connectivity index (χ0) is 18.0. The second-order valence-corrected chi connectivity index (χ2v) is 6.88. The smallest absolute Gasteiger partial charge is 0.241 e. The largest absolute Gasteiger partial charge is 0.380 e. The predicted octanol–water partition coefficient (Wildman–Crippen LogP) is 2.54. The first-order valence-electron chi connectivity index (χ1n) is 8.21. The van der Waals surface area contributed by atoms with Gasteiger partial charge >= 0.3 is 0 Å². The van der Waals surface area contributed by atoms with E-state index in [-0.39, 0.29) is 36.8 Å². The van der Waals surface area contributed by atoms with E-state index in [1.54, 1.807) is 12.1 Å². The fourth-order valence-corrected chi connectivity index (χ4v) is 3.16. The lowest BCUT2D eigenvalue weighted by Gasteiger charge is -2.57. The Hall–Kier alpha value is -1.21. The van der Waals surface area contributed by atoms with Crippen LogP contribution in [0.5, 0.6) is 0 Å². The summed E-state index contributed by atoms with van der Waals surface area (Å²) in [6.07, 6.45) is 0.482. The van der Waals surface area contributed by atoms with E-state index in [1.165, 1.54) is 13.2 Å². The quantitative estimate of drug-likeness (QED) is 0.769. The Balaban J connectivity index is 0.00000312. The molecule has 0 radical (unpaired) electrons. The molecule has 0 bridgehead atoms. The van der Waals surface area contributed by atoms with Gasteiger partial charge in [0, 0.05) is 37.7 Å². The number of carbonyl (C=O) groups excluding carboxylic acids is 1. The molecular formula is C18H28ClFN2O3. The van der Waals surface area contributed by atoms with Gasteiger partial charge in [0.05, 0.1) is 12.7 Å². The summed E-state index contributed by atoms with van der Waals surface area (Å²) in [6, 6.07) is 4.72. The van der Waals surface area contributed by atoms with E-state index < -0.39 is 11.0 Å². The van der Waals surface area contributed by atoms with Crippen molar-refractivity contribution in [1.82, 2.24) is 5.32 Å². The molecule has 0 spiro atoms. The minimum absolute atomic E-state index is 0. The third kappa shape index (κ3) is 4.14. The van der Waals surface area contributed by atoms with E-state index in [4.69, 9.17) is 15.2 Å². The minimum atomic E-state index is -0.956. The molecule has 25 heavy (non-hydrogen) atoms. The van der Waals surface area contributed by atoms with E-state index in [0.29, 0.717) is 25.1 Å². The third-order valence-electron chi connectivity index (χ3n) is 5.10. The third-order valence-corrected chi connectivity index (χ3v) is 5.10. The van der Waals surface area contributed by atoms with Crippen LogP contribution < -0.4 is 11.1 Å². The molecule has 2 unspecified atom stereocenters. The molecule has 2 atom stereocenters. The Labute approximate surface area is 154 Å². The fourth-order valence-electron chi connectivity index (χ4n) is 3.16. The molecule has 2 rings (SSSR count). The highest BCUT2D eigenvalue weighted by Crippen LogP contribution is 2.49. The van der Waals surface area contributed by atoms with Gasteiger partial charge in [-0.05, 0) is 24.6 Å². The summed E-state index contributed by atoms with van der Waals surface area (Å²) in [7, 11) is 1.51. The van der Waals surface area contributed by atoms with Crippen molar-refractivity contribution in [3.63, 3.8) is 0 Å². The normalized spacial score (nSPS) is 24.2. The van der Waals surface area contributed by atoms with E-state index in [0.717, 1.165) is 5.56 Å². The summed E-state index contributed by atoms with van der Waals surface area (Å²) in [5, 5.41) is 2.87. The molecule has 3 N–H and O–H groups in total. The van der Waals surface area contributed by atoms with Gasteiger partial charge in [-0.2, -0.15) is 0 Å².